The quantitative estimate of drug-likeness (QED) is 0.909. The van der Waals surface area contributed by atoms with E-state index in [1.165, 1.54) is 29.7 Å². The first-order valence-electron chi connectivity index (χ1n) is 6.41. The molecule has 0 bridgehead atoms. The molecule has 0 radical (unpaired) electrons. The van der Waals surface area contributed by atoms with E-state index in [0.717, 1.165) is 11.6 Å². The van der Waals surface area contributed by atoms with E-state index in [-0.39, 0.29) is 0 Å². The lowest BCUT2D eigenvalue weighted by molar-refractivity contribution is 0.611. The normalized spacial score (nSPS) is 16.8. The van der Waals surface area contributed by atoms with Gasteiger partial charge in [0.1, 0.15) is 5.01 Å². The third kappa shape index (κ3) is 2.08. The first-order chi connectivity index (χ1) is 8.73. The Morgan fingerprint density at radius 2 is 2.22 bits per heavy atom. The molecule has 2 aromatic rings. The topological polar surface area (TPSA) is 24.9 Å². The second-order valence-electron chi connectivity index (χ2n) is 5.22. The maximum absolute atomic E-state index is 4.85. The molecular weight excluding hydrogens is 240 g/mol. The van der Waals surface area contributed by atoms with E-state index in [1.54, 1.807) is 11.3 Å². The molecule has 1 aromatic carbocycles. The molecule has 0 spiro atoms. The van der Waals surface area contributed by atoms with Crippen molar-refractivity contribution in [3.05, 3.63) is 40.9 Å². The van der Waals surface area contributed by atoms with Crippen molar-refractivity contribution in [1.82, 2.24) is 10.3 Å². The molecule has 0 atom stereocenters. The molecule has 0 amide bonds. The van der Waals surface area contributed by atoms with Crippen LogP contribution in [-0.2, 0) is 5.41 Å². The molecule has 1 aromatic heterocycles. The first kappa shape index (κ1) is 11.9. The molecule has 1 heterocycles. The number of thiazole rings is 1. The highest BCUT2D eigenvalue weighted by molar-refractivity contribution is 7.13. The van der Waals surface area contributed by atoms with Crippen LogP contribution in [0.25, 0.3) is 10.6 Å². The van der Waals surface area contributed by atoms with Crippen molar-refractivity contribution in [3.63, 3.8) is 0 Å². The van der Waals surface area contributed by atoms with Gasteiger partial charge >= 0.3 is 0 Å². The number of likely N-dealkylation sites (N-methyl/N-ethyl adjacent to an activating group) is 1. The standard InChI is InChI=1S/C15H18N2S/c1-11-4-3-5-12(8-11)14-17-13(9-18-14)15(6-7-15)10-16-2/h3-5,8-9,16H,6-7,10H2,1-2H3. The highest BCUT2D eigenvalue weighted by atomic mass is 32.1. The zero-order valence-electron chi connectivity index (χ0n) is 10.9. The van der Waals surface area contributed by atoms with E-state index < -0.39 is 0 Å². The summed E-state index contributed by atoms with van der Waals surface area (Å²) in [6.45, 7) is 3.17. The number of hydrogen-bond donors (Lipinski definition) is 1. The van der Waals surface area contributed by atoms with Gasteiger partial charge in [0.15, 0.2) is 0 Å². The average Bonchev–Trinajstić information content (AvgIpc) is 2.97. The molecular formula is C15H18N2S. The molecule has 3 heteroatoms. The van der Waals surface area contributed by atoms with E-state index >= 15 is 0 Å². The van der Waals surface area contributed by atoms with E-state index in [0.29, 0.717) is 5.41 Å². The van der Waals surface area contributed by atoms with Crippen LogP contribution in [0.3, 0.4) is 0 Å². The Morgan fingerprint density at radius 3 is 2.89 bits per heavy atom. The lowest BCUT2D eigenvalue weighted by Gasteiger charge is -2.10. The van der Waals surface area contributed by atoms with Gasteiger partial charge < -0.3 is 5.32 Å². The largest absolute Gasteiger partial charge is 0.319 e. The molecule has 94 valence electrons. The lowest BCUT2D eigenvalue weighted by Crippen LogP contribution is -2.23. The van der Waals surface area contributed by atoms with Crippen LogP contribution in [0.2, 0.25) is 0 Å². The lowest BCUT2D eigenvalue weighted by atomic mass is 10.0. The van der Waals surface area contributed by atoms with Crippen LogP contribution >= 0.6 is 11.3 Å². The third-order valence-corrected chi connectivity index (χ3v) is 4.57. The number of hydrogen-bond acceptors (Lipinski definition) is 3. The highest BCUT2D eigenvalue weighted by Crippen LogP contribution is 2.48. The van der Waals surface area contributed by atoms with Gasteiger partial charge in [0, 0.05) is 22.9 Å². The zero-order valence-corrected chi connectivity index (χ0v) is 11.7. The predicted octanol–water partition coefficient (Wildman–Crippen LogP) is 3.37. The molecule has 1 fully saturated rings. The van der Waals surface area contributed by atoms with Crippen molar-refractivity contribution in [2.24, 2.45) is 0 Å². The van der Waals surface area contributed by atoms with Gasteiger partial charge in [-0.25, -0.2) is 4.98 Å². The van der Waals surface area contributed by atoms with Gasteiger partial charge in [0.25, 0.3) is 0 Å². The van der Waals surface area contributed by atoms with Crippen molar-refractivity contribution in [3.8, 4) is 10.6 Å². The van der Waals surface area contributed by atoms with E-state index in [2.05, 4.69) is 41.9 Å². The maximum Gasteiger partial charge on any atom is 0.123 e. The van der Waals surface area contributed by atoms with E-state index in [9.17, 15) is 0 Å². The Morgan fingerprint density at radius 1 is 1.39 bits per heavy atom. The summed E-state index contributed by atoms with van der Waals surface area (Å²) in [5.41, 5.74) is 4.14. The van der Waals surface area contributed by atoms with Crippen LogP contribution in [0.4, 0.5) is 0 Å². The second kappa shape index (κ2) is 4.48. The first-order valence-corrected chi connectivity index (χ1v) is 7.29. The SMILES string of the molecule is CNCC1(c2csc(-c3cccc(C)c3)n2)CC1. The number of aromatic nitrogens is 1. The molecule has 1 N–H and O–H groups in total. The number of aryl methyl sites for hydroxylation is 1. The van der Waals surface area contributed by atoms with Gasteiger partial charge in [-0.3, -0.25) is 0 Å². The monoisotopic (exact) mass is 258 g/mol. The molecule has 0 saturated heterocycles. The van der Waals surface area contributed by atoms with Gasteiger partial charge in [0.2, 0.25) is 0 Å². The minimum Gasteiger partial charge on any atom is -0.319 e. The Kier molecular flexibility index (Phi) is 2.96. The minimum absolute atomic E-state index is 0.327. The summed E-state index contributed by atoms with van der Waals surface area (Å²) in [6, 6.07) is 8.58. The van der Waals surface area contributed by atoms with Crippen LogP contribution < -0.4 is 5.32 Å². The molecule has 2 nitrogen and oxygen atoms in total. The zero-order chi connectivity index (χ0) is 12.6. The number of nitrogens with one attached hydrogen (secondary N) is 1. The minimum atomic E-state index is 0.327. The Bertz CT molecular complexity index is 555. The van der Waals surface area contributed by atoms with Gasteiger partial charge in [-0.15, -0.1) is 11.3 Å². The Balaban J connectivity index is 1.90. The molecule has 1 saturated carbocycles. The summed E-state index contributed by atoms with van der Waals surface area (Å²) in [6.07, 6.45) is 2.54. The van der Waals surface area contributed by atoms with Crippen LogP contribution in [0.15, 0.2) is 29.6 Å². The van der Waals surface area contributed by atoms with Crippen molar-refractivity contribution in [2.45, 2.75) is 25.2 Å². The van der Waals surface area contributed by atoms with E-state index in [4.69, 9.17) is 4.98 Å². The summed E-state index contributed by atoms with van der Waals surface area (Å²) < 4.78 is 0. The summed E-state index contributed by atoms with van der Waals surface area (Å²) in [4.78, 5) is 4.85. The molecule has 1 aliphatic carbocycles. The molecule has 0 unspecified atom stereocenters. The highest BCUT2D eigenvalue weighted by Gasteiger charge is 2.45. The molecule has 1 aliphatic rings. The molecule has 18 heavy (non-hydrogen) atoms. The van der Waals surface area contributed by atoms with Gasteiger partial charge in [-0.1, -0.05) is 23.8 Å². The fourth-order valence-electron chi connectivity index (χ4n) is 2.44. The van der Waals surface area contributed by atoms with Crippen molar-refractivity contribution in [2.75, 3.05) is 13.6 Å². The van der Waals surface area contributed by atoms with Crippen LogP contribution in [0.5, 0.6) is 0 Å². The van der Waals surface area contributed by atoms with Gasteiger partial charge in [0.05, 0.1) is 5.69 Å². The summed E-state index contributed by atoms with van der Waals surface area (Å²) in [7, 11) is 2.02. The second-order valence-corrected chi connectivity index (χ2v) is 6.08. The fraction of sp³-hybridized carbons (Fsp3) is 0.400. The number of nitrogens with zero attached hydrogens (tertiary/aromatic N) is 1. The van der Waals surface area contributed by atoms with Crippen LogP contribution in [0, 0.1) is 6.92 Å². The Hall–Kier alpha value is -1.19. The van der Waals surface area contributed by atoms with E-state index in [1.807, 2.05) is 7.05 Å². The molecule has 3 rings (SSSR count). The van der Waals surface area contributed by atoms with Crippen LogP contribution in [-0.4, -0.2) is 18.6 Å². The van der Waals surface area contributed by atoms with Gasteiger partial charge in [-0.05, 0) is 32.9 Å². The fourth-order valence-corrected chi connectivity index (χ4v) is 3.38. The van der Waals surface area contributed by atoms with Crippen molar-refractivity contribution in [1.29, 1.82) is 0 Å². The average molecular weight is 258 g/mol. The number of benzene rings is 1. The summed E-state index contributed by atoms with van der Waals surface area (Å²) >= 11 is 1.77. The predicted molar refractivity (Wildman–Crippen MR) is 77.1 cm³/mol. The summed E-state index contributed by atoms with van der Waals surface area (Å²) in [5.74, 6) is 0. The van der Waals surface area contributed by atoms with Gasteiger partial charge in [-0.2, -0.15) is 0 Å². The molecule has 0 aliphatic heterocycles. The maximum atomic E-state index is 4.85. The smallest absolute Gasteiger partial charge is 0.123 e. The summed E-state index contributed by atoms with van der Waals surface area (Å²) in [5, 5.41) is 6.68. The van der Waals surface area contributed by atoms with Crippen molar-refractivity contribution < 1.29 is 0 Å². The third-order valence-electron chi connectivity index (χ3n) is 3.68. The number of rotatable bonds is 4. The Labute approximate surface area is 112 Å². The van der Waals surface area contributed by atoms with Crippen molar-refractivity contribution >= 4 is 11.3 Å². The van der Waals surface area contributed by atoms with Crippen LogP contribution in [0.1, 0.15) is 24.1 Å².